The number of Topliss-reactive ketones (excluding diaryl/α,β-unsaturated/α-hetero) is 1. The number of ketones is 1. The minimum atomic E-state index is -0.270. The van der Waals surface area contributed by atoms with Crippen molar-refractivity contribution in [3.63, 3.8) is 0 Å². The van der Waals surface area contributed by atoms with Gasteiger partial charge in [0.1, 0.15) is 6.29 Å². The van der Waals surface area contributed by atoms with Crippen molar-refractivity contribution in [2.75, 3.05) is 5.33 Å². The van der Waals surface area contributed by atoms with Gasteiger partial charge in [-0.1, -0.05) is 80.4 Å². The number of alkyl halides is 2. The van der Waals surface area contributed by atoms with E-state index in [2.05, 4.69) is 37.9 Å². The lowest BCUT2D eigenvalue weighted by Crippen LogP contribution is -1.99. The van der Waals surface area contributed by atoms with Gasteiger partial charge in [-0.15, -0.1) is 0 Å². The van der Waals surface area contributed by atoms with E-state index >= 15 is 0 Å². The van der Waals surface area contributed by atoms with Crippen molar-refractivity contribution < 1.29 is 9.59 Å². The largest absolute Gasteiger partial charge is 0.302 e. The Morgan fingerprint density at radius 1 is 0.917 bits per heavy atom. The molecule has 0 saturated heterocycles. The van der Waals surface area contributed by atoms with Crippen LogP contribution in [-0.4, -0.2) is 17.4 Å². The highest BCUT2D eigenvalue weighted by Crippen LogP contribution is 2.28. The Morgan fingerprint density at radius 2 is 1.54 bits per heavy atom. The summed E-state index contributed by atoms with van der Waals surface area (Å²) in [6, 6.07) is 19.9. The first kappa shape index (κ1) is 17.1. The second-order valence-electron chi connectivity index (χ2n) is 5.49. The van der Waals surface area contributed by atoms with Crippen LogP contribution in [0, 0.1) is 0 Å². The summed E-state index contributed by atoms with van der Waals surface area (Å²) in [4.78, 5) is 22.3. The summed E-state index contributed by atoms with van der Waals surface area (Å²) in [6.45, 7) is 0. The van der Waals surface area contributed by atoms with Gasteiger partial charge in [0.15, 0.2) is 5.78 Å². The van der Waals surface area contributed by atoms with Crippen LogP contribution < -0.4 is 0 Å². The predicted octanol–water partition coefficient (Wildman–Crippen LogP) is 5.72. The van der Waals surface area contributed by atoms with E-state index in [4.69, 9.17) is 0 Å². The molecule has 0 N–H and O–H groups in total. The lowest BCUT2D eigenvalue weighted by atomic mass is 9.98. The van der Waals surface area contributed by atoms with Crippen LogP contribution in [0.3, 0.4) is 0 Å². The Bertz CT molecular complexity index is 901. The molecule has 1 unspecified atom stereocenters. The van der Waals surface area contributed by atoms with Gasteiger partial charge >= 0.3 is 0 Å². The lowest BCUT2D eigenvalue weighted by molar-refractivity contribution is -0.107. The van der Waals surface area contributed by atoms with E-state index in [0.29, 0.717) is 10.9 Å². The summed E-state index contributed by atoms with van der Waals surface area (Å²) in [5, 5.41) is 2.47. The van der Waals surface area contributed by atoms with Crippen LogP contribution in [0.4, 0.5) is 0 Å². The molecule has 24 heavy (non-hydrogen) atoms. The smallest absolute Gasteiger partial charge is 0.173 e. The van der Waals surface area contributed by atoms with Gasteiger partial charge in [0.25, 0.3) is 0 Å². The van der Waals surface area contributed by atoms with Crippen molar-refractivity contribution in [2.45, 2.75) is 4.83 Å². The maximum Gasteiger partial charge on any atom is 0.173 e. The number of fused-ring (bicyclic) bond motifs is 1. The number of benzene rings is 3. The monoisotopic (exact) mass is 444 g/mol. The molecular formula is C20H14Br2O2. The average Bonchev–Trinajstić information content (AvgIpc) is 2.66. The second kappa shape index (κ2) is 7.41. The minimum absolute atomic E-state index is 0.0797. The van der Waals surface area contributed by atoms with Crippen molar-refractivity contribution in [3.05, 3.63) is 71.8 Å². The third kappa shape index (κ3) is 3.50. The molecular weight excluding hydrogens is 432 g/mol. The molecule has 0 aliphatic carbocycles. The molecule has 3 aromatic rings. The van der Waals surface area contributed by atoms with Crippen molar-refractivity contribution in [1.82, 2.24) is 0 Å². The van der Waals surface area contributed by atoms with Gasteiger partial charge in [0.2, 0.25) is 0 Å². The van der Waals surface area contributed by atoms with Crippen molar-refractivity contribution >= 4 is 54.7 Å². The molecule has 4 heteroatoms. The molecule has 0 amide bonds. The summed E-state index contributed by atoms with van der Waals surface area (Å²) in [6.07, 6.45) is 0.872. The van der Waals surface area contributed by atoms with E-state index in [0.717, 1.165) is 33.7 Å². The average molecular weight is 446 g/mol. The van der Waals surface area contributed by atoms with Crippen LogP contribution in [0.5, 0.6) is 0 Å². The Morgan fingerprint density at radius 3 is 2.21 bits per heavy atom. The molecule has 0 aliphatic heterocycles. The zero-order chi connectivity index (χ0) is 17.1. The number of carbonyl (C=O) groups is 2. The second-order valence-corrected chi connectivity index (χ2v) is 7.04. The quantitative estimate of drug-likeness (QED) is 0.286. The molecule has 0 aliphatic rings. The zero-order valence-corrected chi connectivity index (χ0v) is 15.9. The molecule has 0 heterocycles. The number of hydrogen-bond acceptors (Lipinski definition) is 2. The molecule has 120 valence electrons. The van der Waals surface area contributed by atoms with Crippen molar-refractivity contribution in [1.29, 1.82) is 0 Å². The van der Waals surface area contributed by atoms with Gasteiger partial charge in [-0.2, -0.15) is 0 Å². The normalized spacial score (nSPS) is 12.1. The fourth-order valence-corrected chi connectivity index (χ4v) is 3.24. The van der Waals surface area contributed by atoms with E-state index in [9.17, 15) is 9.59 Å². The molecule has 0 fully saturated rings. The summed E-state index contributed by atoms with van der Waals surface area (Å²) in [5.41, 5.74) is 3.85. The standard InChI is InChI=1S/C20H14Br2O2/c21-11-20(24)18-8-7-16-9-15(5-6-17(16)10-18)13-1-3-14(4-2-13)19(22)12-23/h1-10,12,19H,11H2. The first-order chi connectivity index (χ1) is 11.6. The number of hydrogen-bond donors (Lipinski definition) is 0. The Labute approximate surface area is 157 Å². The maximum absolute atomic E-state index is 11.8. The van der Waals surface area contributed by atoms with Crippen molar-refractivity contribution in [2.24, 2.45) is 0 Å². The molecule has 0 spiro atoms. The Kier molecular flexibility index (Phi) is 5.27. The topological polar surface area (TPSA) is 34.1 Å². The van der Waals surface area contributed by atoms with Crippen LogP contribution in [-0.2, 0) is 4.79 Å². The van der Waals surface area contributed by atoms with Gasteiger partial charge in [-0.25, -0.2) is 0 Å². The zero-order valence-electron chi connectivity index (χ0n) is 12.7. The SMILES string of the molecule is O=CC(Br)c1ccc(-c2ccc3cc(C(=O)CBr)ccc3c2)cc1. The summed E-state index contributed by atoms with van der Waals surface area (Å²) >= 11 is 6.53. The highest BCUT2D eigenvalue weighted by atomic mass is 79.9. The minimum Gasteiger partial charge on any atom is -0.302 e. The molecule has 3 aromatic carbocycles. The predicted molar refractivity (Wildman–Crippen MR) is 105 cm³/mol. The maximum atomic E-state index is 11.8. The van der Waals surface area contributed by atoms with Crippen LogP contribution in [0.25, 0.3) is 21.9 Å². The Balaban J connectivity index is 1.96. The molecule has 0 radical (unpaired) electrons. The van der Waals surface area contributed by atoms with Gasteiger partial charge in [0.05, 0.1) is 10.2 Å². The number of aldehydes is 1. The number of rotatable bonds is 5. The van der Waals surface area contributed by atoms with Crippen LogP contribution >= 0.6 is 31.9 Å². The van der Waals surface area contributed by atoms with Crippen LogP contribution in [0.2, 0.25) is 0 Å². The molecule has 0 aromatic heterocycles. The third-order valence-corrected chi connectivity index (χ3v) is 5.22. The van der Waals surface area contributed by atoms with Crippen LogP contribution in [0.15, 0.2) is 60.7 Å². The van der Waals surface area contributed by atoms with E-state index in [1.54, 1.807) is 0 Å². The summed E-state index contributed by atoms with van der Waals surface area (Å²) in [5.74, 6) is 0.0797. The lowest BCUT2D eigenvalue weighted by Gasteiger charge is -2.08. The summed E-state index contributed by atoms with van der Waals surface area (Å²) < 4.78 is 0. The number of halogens is 2. The third-order valence-electron chi connectivity index (χ3n) is 3.97. The molecule has 3 rings (SSSR count). The van der Waals surface area contributed by atoms with E-state index in [-0.39, 0.29) is 10.6 Å². The van der Waals surface area contributed by atoms with E-state index in [1.165, 1.54) is 0 Å². The van der Waals surface area contributed by atoms with Gasteiger partial charge in [-0.3, -0.25) is 4.79 Å². The summed E-state index contributed by atoms with van der Waals surface area (Å²) in [7, 11) is 0. The van der Waals surface area contributed by atoms with Gasteiger partial charge in [-0.05, 0) is 39.6 Å². The first-order valence-corrected chi connectivity index (χ1v) is 9.49. The molecule has 1 atom stereocenters. The van der Waals surface area contributed by atoms with Crippen LogP contribution in [0.1, 0.15) is 20.7 Å². The molecule has 0 saturated carbocycles. The fraction of sp³-hybridized carbons (Fsp3) is 0.100. The van der Waals surface area contributed by atoms with Gasteiger partial charge < -0.3 is 4.79 Å². The highest BCUT2D eigenvalue weighted by molar-refractivity contribution is 9.09. The molecule has 0 bridgehead atoms. The van der Waals surface area contributed by atoms with E-state index in [1.807, 2.05) is 54.6 Å². The number of carbonyl (C=O) groups excluding carboxylic acids is 2. The van der Waals surface area contributed by atoms with E-state index < -0.39 is 0 Å². The highest BCUT2D eigenvalue weighted by Gasteiger charge is 2.08. The Hall–Kier alpha value is -1.78. The fourth-order valence-electron chi connectivity index (χ4n) is 2.61. The van der Waals surface area contributed by atoms with Crippen molar-refractivity contribution in [3.8, 4) is 11.1 Å². The molecule has 2 nitrogen and oxygen atoms in total. The first-order valence-electron chi connectivity index (χ1n) is 7.45. The van der Waals surface area contributed by atoms with Gasteiger partial charge in [0, 0.05) is 5.56 Å².